The maximum atomic E-state index is 2.30. The summed E-state index contributed by atoms with van der Waals surface area (Å²) in [5.41, 5.74) is 0. The van der Waals surface area contributed by atoms with Crippen LogP contribution in [0.5, 0.6) is 0 Å². The van der Waals surface area contributed by atoms with Crippen LogP contribution in [-0.2, 0) is 0 Å². The first-order valence-corrected chi connectivity index (χ1v) is 10.7. The third-order valence-corrected chi connectivity index (χ3v) is 4.85. The van der Waals surface area contributed by atoms with E-state index < -0.39 is 0 Å². The average molecular weight is 381 g/mol. The van der Waals surface area contributed by atoms with Crippen molar-refractivity contribution in [2.45, 2.75) is 116 Å². The second-order valence-corrected chi connectivity index (χ2v) is 7.22. The summed E-state index contributed by atoms with van der Waals surface area (Å²) < 4.78 is 0. The van der Waals surface area contributed by atoms with Crippen LogP contribution < -0.4 is 17.0 Å². The van der Waals surface area contributed by atoms with Crippen LogP contribution in [0.3, 0.4) is 0 Å². The lowest BCUT2D eigenvalue weighted by molar-refractivity contribution is -0.00000440. The second kappa shape index (κ2) is 23.2. The van der Waals surface area contributed by atoms with Crippen molar-refractivity contribution in [1.82, 2.24) is 0 Å². The third-order valence-electron chi connectivity index (χ3n) is 4.35. The van der Waals surface area contributed by atoms with Gasteiger partial charge in [0.2, 0.25) is 0 Å². The van der Waals surface area contributed by atoms with Gasteiger partial charge in [-0.15, -0.1) is 0 Å². The topological polar surface area (TPSA) is 0 Å². The van der Waals surface area contributed by atoms with E-state index in [1.807, 2.05) is 0 Å². The Hall–Kier alpha value is 0.910. The van der Waals surface area contributed by atoms with E-state index in [0.717, 1.165) is 0 Å². The molecule has 1 unspecified atom stereocenters. The largest absolute Gasteiger partial charge is 1.00 e. The van der Waals surface area contributed by atoms with Gasteiger partial charge in [0.15, 0.2) is 0 Å². The molecule has 0 rings (SSSR count). The van der Waals surface area contributed by atoms with Crippen molar-refractivity contribution in [2.75, 3.05) is 6.16 Å². The number of halogens is 1. The summed E-state index contributed by atoms with van der Waals surface area (Å²) in [7, 11) is 2.12. The predicted octanol–water partition coefficient (Wildman–Crippen LogP) is 4.25. The highest BCUT2D eigenvalue weighted by molar-refractivity contribution is 7.16. The van der Waals surface area contributed by atoms with Gasteiger partial charge in [-0.2, -0.15) is 0 Å². The van der Waals surface area contributed by atoms with E-state index in [1.165, 1.54) is 115 Å². The molecule has 0 bridgehead atoms. The standard InChI is InChI=1S/C19H41P.BrH/c1-2-3-4-5-6-7-8-9-10-11-12-13-14-15-16-17-18-19-20;/h2-20H2,1H3;1H. The maximum Gasteiger partial charge on any atom is 0.0526 e. The highest BCUT2D eigenvalue weighted by Gasteiger charge is 1.94. The van der Waals surface area contributed by atoms with Crippen LogP contribution in [0, 0.1) is 0 Å². The van der Waals surface area contributed by atoms with Crippen LogP contribution >= 0.6 is 9.24 Å². The first-order chi connectivity index (χ1) is 9.91. The quantitative estimate of drug-likeness (QED) is 0.261. The summed E-state index contributed by atoms with van der Waals surface area (Å²) in [4.78, 5) is 0. The molecule has 0 spiro atoms. The van der Waals surface area contributed by atoms with Crippen molar-refractivity contribution in [3.05, 3.63) is 0 Å². The molecule has 0 aliphatic heterocycles. The molecule has 21 heavy (non-hydrogen) atoms. The fraction of sp³-hybridized carbons (Fsp3) is 1.00. The number of unbranched alkanes of at least 4 members (excludes halogenated alkanes) is 16. The number of hydrogen-bond donors (Lipinski definition) is 0. The molecular formula is C19H42BrP. The van der Waals surface area contributed by atoms with Gasteiger partial charge in [-0.1, -0.05) is 103 Å². The van der Waals surface area contributed by atoms with Crippen LogP contribution in [0.15, 0.2) is 0 Å². The zero-order valence-electron chi connectivity index (χ0n) is 14.8. The highest BCUT2D eigenvalue weighted by Crippen LogP contribution is 2.14. The Morgan fingerprint density at radius 1 is 0.429 bits per heavy atom. The van der Waals surface area contributed by atoms with E-state index >= 15 is 0 Å². The highest BCUT2D eigenvalue weighted by atomic mass is 79.9. The molecule has 1 atom stereocenters. The van der Waals surface area contributed by atoms with Crippen molar-refractivity contribution in [3.63, 3.8) is 0 Å². The third kappa shape index (κ3) is 23.3. The van der Waals surface area contributed by atoms with Crippen molar-refractivity contribution in [1.29, 1.82) is 0 Å². The first kappa shape index (κ1) is 24.2. The molecule has 0 aromatic rings. The molecule has 2 heteroatoms. The number of rotatable bonds is 17. The zero-order valence-corrected chi connectivity index (χ0v) is 17.8. The van der Waals surface area contributed by atoms with Crippen molar-refractivity contribution < 1.29 is 17.0 Å². The Labute approximate surface area is 148 Å². The molecule has 0 fully saturated rings. The first-order valence-electron chi connectivity index (χ1n) is 9.71. The lowest BCUT2D eigenvalue weighted by Gasteiger charge is -2.03. The van der Waals surface area contributed by atoms with Gasteiger partial charge in [0.1, 0.15) is 0 Å². The Bertz CT molecular complexity index is 144. The molecule has 0 amide bonds. The molecule has 0 aliphatic carbocycles. The van der Waals surface area contributed by atoms with Crippen LogP contribution in [0.25, 0.3) is 0 Å². The lowest BCUT2D eigenvalue weighted by atomic mass is 10.0. The van der Waals surface area contributed by atoms with Gasteiger partial charge in [0.25, 0.3) is 0 Å². The normalized spacial score (nSPS) is 10.7. The van der Waals surface area contributed by atoms with Crippen LogP contribution in [0.2, 0.25) is 0 Å². The van der Waals surface area contributed by atoms with E-state index in [9.17, 15) is 0 Å². The Kier molecular flexibility index (Phi) is 26.7. The second-order valence-electron chi connectivity index (χ2n) is 6.51. The Balaban J connectivity index is 0. The number of hydrogen-bond acceptors (Lipinski definition) is 0. The van der Waals surface area contributed by atoms with Crippen molar-refractivity contribution >= 4 is 9.24 Å². The van der Waals surface area contributed by atoms with Gasteiger partial charge < -0.3 is 17.0 Å². The molecule has 0 aliphatic rings. The zero-order chi connectivity index (χ0) is 14.7. The molecule has 0 saturated carbocycles. The van der Waals surface area contributed by atoms with Crippen LogP contribution in [-0.4, -0.2) is 6.16 Å². The van der Waals surface area contributed by atoms with Gasteiger partial charge in [0, 0.05) is 0 Å². The van der Waals surface area contributed by atoms with Gasteiger partial charge in [-0.05, 0) is 22.1 Å². The lowest BCUT2D eigenvalue weighted by Crippen LogP contribution is -3.00. The van der Waals surface area contributed by atoms with E-state index in [1.54, 1.807) is 0 Å². The van der Waals surface area contributed by atoms with E-state index in [0.29, 0.717) is 0 Å². The van der Waals surface area contributed by atoms with Crippen LogP contribution in [0.1, 0.15) is 116 Å². The summed E-state index contributed by atoms with van der Waals surface area (Å²) in [6.45, 7) is 2.30. The van der Waals surface area contributed by atoms with Gasteiger partial charge >= 0.3 is 0 Å². The van der Waals surface area contributed by atoms with Gasteiger partial charge in [-0.25, -0.2) is 0 Å². The molecular weight excluding hydrogens is 339 g/mol. The van der Waals surface area contributed by atoms with E-state index in [2.05, 4.69) is 16.2 Å². The minimum absolute atomic E-state index is 0. The summed E-state index contributed by atoms with van der Waals surface area (Å²) in [6.07, 6.45) is 26.5. The van der Waals surface area contributed by atoms with Crippen molar-refractivity contribution in [2.24, 2.45) is 0 Å². The van der Waals surface area contributed by atoms with Crippen molar-refractivity contribution in [3.8, 4) is 0 Å². The predicted molar refractivity (Wildman–Crippen MR) is 100 cm³/mol. The summed E-state index contributed by atoms with van der Waals surface area (Å²) in [6, 6.07) is 0. The molecule has 0 heterocycles. The summed E-state index contributed by atoms with van der Waals surface area (Å²) >= 11 is 0. The van der Waals surface area contributed by atoms with E-state index in [-0.39, 0.29) is 17.0 Å². The Morgan fingerprint density at radius 2 is 0.667 bits per heavy atom. The molecule has 0 aromatic carbocycles. The average Bonchev–Trinajstić information content (AvgIpc) is 2.47. The molecule has 0 radical (unpaired) electrons. The summed E-state index contributed by atoms with van der Waals surface area (Å²) in [5.74, 6) is 0. The SMILES string of the molecule is CCCCCCCCCCCCCCCCCCC[PH3+].[Br-]. The monoisotopic (exact) mass is 380 g/mol. The fourth-order valence-corrected chi connectivity index (χ4v) is 3.26. The molecule has 0 nitrogen and oxygen atoms in total. The molecule has 0 N–H and O–H groups in total. The fourth-order valence-electron chi connectivity index (χ4n) is 2.90. The van der Waals surface area contributed by atoms with Crippen LogP contribution in [0.4, 0.5) is 0 Å². The minimum atomic E-state index is 0. The molecule has 0 aromatic heterocycles. The smallest absolute Gasteiger partial charge is 0.0526 e. The van der Waals surface area contributed by atoms with Gasteiger partial charge in [-0.3, -0.25) is 0 Å². The summed E-state index contributed by atoms with van der Waals surface area (Å²) in [5, 5.41) is 0. The minimum Gasteiger partial charge on any atom is -1.00 e. The maximum absolute atomic E-state index is 2.30. The van der Waals surface area contributed by atoms with E-state index in [4.69, 9.17) is 0 Å². The van der Waals surface area contributed by atoms with Gasteiger partial charge in [0.05, 0.1) is 6.16 Å². The molecule has 130 valence electrons. The Morgan fingerprint density at radius 3 is 0.905 bits per heavy atom. The molecule has 0 saturated heterocycles.